The highest BCUT2D eigenvalue weighted by Gasteiger charge is 2.11. The van der Waals surface area contributed by atoms with E-state index in [1.54, 1.807) is 24.3 Å². The first-order chi connectivity index (χ1) is 13.5. The van der Waals surface area contributed by atoms with Crippen LogP contribution in [0.4, 0.5) is 0 Å². The number of carbonyl (C=O) groups is 2. The largest absolute Gasteiger partial charge is 0.457 e. The normalized spacial score (nSPS) is 10.6. The third kappa shape index (κ3) is 4.65. The highest BCUT2D eigenvalue weighted by molar-refractivity contribution is 5.89. The van der Waals surface area contributed by atoms with Gasteiger partial charge in [0.15, 0.2) is 0 Å². The molecule has 0 atom stereocenters. The van der Waals surface area contributed by atoms with Gasteiger partial charge >= 0.3 is 11.6 Å². The Bertz CT molecular complexity index is 1070. The van der Waals surface area contributed by atoms with Gasteiger partial charge < -0.3 is 14.5 Å². The first-order valence-corrected chi connectivity index (χ1v) is 9.02. The Kier molecular flexibility index (Phi) is 5.89. The molecular formula is C22H21NO5. The summed E-state index contributed by atoms with van der Waals surface area (Å²) in [7, 11) is 0. The number of hydrogen-bond donors (Lipinski definition) is 1. The molecule has 3 rings (SSSR count). The summed E-state index contributed by atoms with van der Waals surface area (Å²) in [6.07, 6.45) is 0.830. The van der Waals surface area contributed by atoms with E-state index >= 15 is 0 Å². The van der Waals surface area contributed by atoms with Gasteiger partial charge in [0.1, 0.15) is 12.2 Å². The predicted molar refractivity (Wildman–Crippen MR) is 105 cm³/mol. The van der Waals surface area contributed by atoms with Crippen molar-refractivity contribution in [2.45, 2.75) is 33.4 Å². The van der Waals surface area contributed by atoms with Gasteiger partial charge in [0.05, 0.1) is 5.56 Å². The number of ether oxygens (including phenoxy) is 1. The summed E-state index contributed by atoms with van der Waals surface area (Å²) in [5.41, 5.74) is 2.94. The van der Waals surface area contributed by atoms with Crippen LogP contribution in [0, 0.1) is 0 Å². The summed E-state index contributed by atoms with van der Waals surface area (Å²) in [6, 6.07) is 13.8. The first kappa shape index (κ1) is 19.4. The Morgan fingerprint density at radius 1 is 1.04 bits per heavy atom. The molecule has 1 N–H and O–H groups in total. The first-order valence-electron chi connectivity index (χ1n) is 9.02. The SMILES string of the molecule is CCc1ccc2c(COC(=O)c3ccc(CNC(C)=O)cc3)cc(=O)oc2c1. The second-order valence-corrected chi connectivity index (χ2v) is 6.46. The van der Waals surface area contributed by atoms with E-state index in [1.165, 1.54) is 13.0 Å². The fraction of sp³-hybridized carbons (Fsp3) is 0.227. The number of amides is 1. The fourth-order valence-corrected chi connectivity index (χ4v) is 2.83. The van der Waals surface area contributed by atoms with E-state index in [1.807, 2.05) is 25.1 Å². The van der Waals surface area contributed by atoms with Gasteiger partial charge in [-0.15, -0.1) is 0 Å². The molecule has 0 aliphatic carbocycles. The Hall–Kier alpha value is -3.41. The number of fused-ring (bicyclic) bond motifs is 1. The second-order valence-electron chi connectivity index (χ2n) is 6.46. The third-order valence-corrected chi connectivity index (χ3v) is 4.39. The number of esters is 1. The zero-order valence-electron chi connectivity index (χ0n) is 15.8. The van der Waals surface area contributed by atoms with E-state index in [0.717, 1.165) is 22.9 Å². The number of rotatable bonds is 6. The Balaban J connectivity index is 1.72. The van der Waals surface area contributed by atoms with Gasteiger partial charge in [-0.05, 0) is 35.7 Å². The molecule has 0 spiro atoms. The maximum Gasteiger partial charge on any atom is 0.338 e. The molecule has 144 valence electrons. The maximum atomic E-state index is 12.3. The minimum atomic E-state index is -0.488. The molecule has 0 fully saturated rings. The number of nitrogens with one attached hydrogen (secondary N) is 1. The molecule has 0 saturated carbocycles. The van der Waals surface area contributed by atoms with Crippen LogP contribution in [-0.4, -0.2) is 11.9 Å². The van der Waals surface area contributed by atoms with Crippen LogP contribution in [0.15, 0.2) is 57.7 Å². The van der Waals surface area contributed by atoms with Crippen LogP contribution >= 0.6 is 0 Å². The maximum absolute atomic E-state index is 12.3. The molecule has 0 radical (unpaired) electrons. The predicted octanol–water partition coefficient (Wildman–Crippen LogP) is 3.35. The average molecular weight is 379 g/mol. The van der Waals surface area contributed by atoms with Crippen molar-refractivity contribution in [1.82, 2.24) is 5.32 Å². The van der Waals surface area contributed by atoms with Crippen LogP contribution < -0.4 is 10.9 Å². The number of aryl methyl sites for hydroxylation is 1. The summed E-state index contributed by atoms with van der Waals surface area (Å²) in [6.45, 7) is 3.84. The Morgan fingerprint density at radius 3 is 2.43 bits per heavy atom. The number of benzene rings is 2. The summed E-state index contributed by atoms with van der Waals surface area (Å²) in [5, 5.41) is 3.44. The third-order valence-electron chi connectivity index (χ3n) is 4.39. The summed E-state index contributed by atoms with van der Waals surface area (Å²) >= 11 is 0. The van der Waals surface area contributed by atoms with E-state index in [9.17, 15) is 14.4 Å². The van der Waals surface area contributed by atoms with Gasteiger partial charge in [0.2, 0.25) is 5.91 Å². The van der Waals surface area contributed by atoms with Crippen LogP contribution in [0.5, 0.6) is 0 Å². The standard InChI is InChI=1S/C22H21NO5/c1-3-15-6-9-19-18(11-21(25)28-20(19)10-15)13-27-22(26)17-7-4-16(5-8-17)12-23-14(2)24/h4-11H,3,12-13H2,1-2H3,(H,23,24). The molecule has 6 heteroatoms. The highest BCUT2D eigenvalue weighted by atomic mass is 16.5. The highest BCUT2D eigenvalue weighted by Crippen LogP contribution is 2.20. The average Bonchev–Trinajstić information content (AvgIpc) is 2.69. The molecule has 0 saturated heterocycles. The van der Waals surface area contributed by atoms with E-state index in [2.05, 4.69) is 5.32 Å². The van der Waals surface area contributed by atoms with Crippen LogP contribution in [0.3, 0.4) is 0 Å². The van der Waals surface area contributed by atoms with Crippen molar-refractivity contribution in [3.8, 4) is 0 Å². The molecule has 28 heavy (non-hydrogen) atoms. The van der Waals surface area contributed by atoms with Crippen molar-refractivity contribution in [3.63, 3.8) is 0 Å². The monoisotopic (exact) mass is 379 g/mol. The van der Waals surface area contributed by atoms with E-state index < -0.39 is 11.6 Å². The molecule has 6 nitrogen and oxygen atoms in total. The lowest BCUT2D eigenvalue weighted by Gasteiger charge is -2.09. The Morgan fingerprint density at radius 2 is 1.75 bits per heavy atom. The zero-order valence-corrected chi connectivity index (χ0v) is 15.8. The Labute approximate surface area is 162 Å². The molecular weight excluding hydrogens is 358 g/mol. The van der Waals surface area contributed by atoms with Gasteiger partial charge in [-0.3, -0.25) is 4.79 Å². The van der Waals surface area contributed by atoms with E-state index in [4.69, 9.17) is 9.15 Å². The summed E-state index contributed by atoms with van der Waals surface area (Å²) < 4.78 is 10.6. The fourth-order valence-electron chi connectivity index (χ4n) is 2.83. The van der Waals surface area contributed by atoms with Crippen molar-refractivity contribution in [2.75, 3.05) is 0 Å². The molecule has 1 heterocycles. The van der Waals surface area contributed by atoms with Crippen molar-refractivity contribution < 1.29 is 18.7 Å². The van der Waals surface area contributed by atoms with Crippen molar-refractivity contribution in [1.29, 1.82) is 0 Å². The summed E-state index contributed by atoms with van der Waals surface area (Å²) in [5.74, 6) is -0.605. The van der Waals surface area contributed by atoms with Gasteiger partial charge in [0, 0.05) is 30.5 Å². The van der Waals surface area contributed by atoms with E-state index in [0.29, 0.717) is 23.3 Å². The van der Waals surface area contributed by atoms with Crippen molar-refractivity contribution in [2.24, 2.45) is 0 Å². The van der Waals surface area contributed by atoms with Crippen LogP contribution in [0.25, 0.3) is 11.0 Å². The van der Waals surface area contributed by atoms with Crippen molar-refractivity contribution >= 4 is 22.8 Å². The van der Waals surface area contributed by atoms with Crippen LogP contribution in [0.1, 0.15) is 40.9 Å². The van der Waals surface area contributed by atoms with Gasteiger partial charge in [-0.1, -0.05) is 31.2 Å². The molecule has 0 unspecified atom stereocenters. The zero-order chi connectivity index (χ0) is 20.1. The minimum Gasteiger partial charge on any atom is -0.457 e. The van der Waals surface area contributed by atoms with Crippen LogP contribution in [-0.2, 0) is 29.1 Å². The lowest BCUT2D eigenvalue weighted by Crippen LogP contribution is -2.18. The lowest BCUT2D eigenvalue weighted by molar-refractivity contribution is -0.119. The number of hydrogen-bond acceptors (Lipinski definition) is 5. The molecule has 3 aromatic rings. The molecule has 0 bridgehead atoms. The smallest absolute Gasteiger partial charge is 0.338 e. The second kappa shape index (κ2) is 8.52. The van der Waals surface area contributed by atoms with Gasteiger partial charge in [0.25, 0.3) is 0 Å². The van der Waals surface area contributed by atoms with E-state index in [-0.39, 0.29) is 12.5 Å². The molecule has 0 aliphatic heterocycles. The topological polar surface area (TPSA) is 85.6 Å². The van der Waals surface area contributed by atoms with Gasteiger partial charge in [-0.25, -0.2) is 9.59 Å². The minimum absolute atomic E-state index is 0.0277. The number of carbonyl (C=O) groups excluding carboxylic acids is 2. The molecule has 1 amide bonds. The molecule has 1 aromatic heterocycles. The van der Waals surface area contributed by atoms with Crippen LogP contribution in [0.2, 0.25) is 0 Å². The quantitative estimate of drug-likeness (QED) is 0.524. The molecule has 0 aliphatic rings. The van der Waals surface area contributed by atoms with Crippen molar-refractivity contribution in [3.05, 3.63) is 81.2 Å². The summed E-state index contributed by atoms with van der Waals surface area (Å²) in [4.78, 5) is 35.1. The molecule has 2 aromatic carbocycles. The van der Waals surface area contributed by atoms with Gasteiger partial charge in [-0.2, -0.15) is 0 Å². The lowest BCUT2D eigenvalue weighted by atomic mass is 10.1.